The fourth-order valence-electron chi connectivity index (χ4n) is 1.65. The number of aliphatic hydroxyl groups is 1. The van der Waals surface area contributed by atoms with Crippen molar-refractivity contribution >= 4 is 0 Å². The van der Waals surface area contributed by atoms with Gasteiger partial charge in [0.15, 0.2) is 0 Å². The Morgan fingerprint density at radius 3 is 2.30 bits per heavy atom. The van der Waals surface area contributed by atoms with Crippen molar-refractivity contribution in [1.82, 2.24) is 0 Å². The molecule has 0 amide bonds. The molecule has 10 heavy (non-hydrogen) atoms. The molecule has 0 atom stereocenters. The molecule has 2 heteroatoms. The molecular weight excluding hydrogens is 128 g/mol. The average Bonchev–Trinajstić information content (AvgIpc) is 1.89. The van der Waals surface area contributed by atoms with Gasteiger partial charge >= 0.3 is 0 Å². The highest BCUT2D eigenvalue weighted by Gasteiger charge is 2.28. The van der Waals surface area contributed by atoms with Crippen molar-refractivity contribution in [2.75, 3.05) is 6.61 Å². The van der Waals surface area contributed by atoms with Gasteiger partial charge in [-0.05, 0) is 12.8 Å². The second-order valence-corrected chi connectivity index (χ2v) is 3.24. The Morgan fingerprint density at radius 2 is 1.80 bits per heavy atom. The van der Waals surface area contributed by atoms with Crippen LogP contribution in [0.5, 0.6) is 0 Å². The Bertz CT molecular complexity index is 89.9. The van der Waals surface area contributed by atoms with Gasteiger partial charge in [-0.25, -0.2) is 5.11 Å². The van der Waals surface area contributed by atoms with Crippen LogP contribution in [0.2, 0.25) is 0 Å². The van der Waals surface area contributed by atoms with Gasteiger partial charge in [-0.1, -0.05) is 19.3 Å². The van der Waals surface area contributed by atoms with E-state index in [1.54, 1.807) is 0 Å². The Balaban J connectivity index is 2.32. The van der Waals surface area contributed by atoms with E-state index in [1.165, 1.54) is 6.42 Å². The van der Waals surface area contributed by atoms with Crippen molar-refractivity contribution in [2.45, 2.75) is 44.1 Å². The second kappa shape index (κ2) is 3.35. The lowest BCUT2D eigenvalue weighted by Gasteiger charge is -2.30. The van der Waals surface area contributed by atoms with Crippen molar-refractivity contribution in [3.63, 3.8) is 0 Å². The van der Waals surface area contributed by atoms with Crippen LogP contribution < -0.4 is 0 Å². The minimum atomic E-state index is -0.583. The zero-order valence-electron chi connectivity index (χ0n) is 6.31. The first-order valence-electron chi connectivity index (χ1n) is 4.07. The van der Waals surface area contributed by atoms with Crippen molar-refractivity contribution in [2.24, 2.45) is 0 Å². The van der Waals surface area contributed by atoms with E-state index in [0.717, 1.165) is 25.7 Å². The van der Waals surface area contributed by atoms with Gasteiger partial charge in [0.25, 0.3) is 0 Å². The average molecular weight is 143 g/mol. The highest BCUT2D eigenvalue weighted by atomic mass is 16.3. The molecule has 1 fully saturated rings. The van der Waals surface area contributed by atoms with Gasteiger partial charge in [-0.2, -0.15) is 0 Å². The molecule has 0 heterocycles. The van der Waals surface area contributed by atoms with Crippen molar-refractivity contribution in [3.05, 3.63) is 0 Å². The quantitative estimate of drug-likeness (QED) is 0.625. The summed E-state index contributed by atoms with van der Waals surface area (Å²) in [5.41, 5.74) is -0.583. The molecule has 0 saturated heterocycles. The number of rotatable bonds is 2. The van der Waals surface area contributed by atoms with Gasteiger partial charge < -0.3 is 5.11 Å². The topological polar surface area (TPSA) is 40.1 Å². The molecule has 1 radical (unpaired) electrons. The largest absolute Gasteiger partial charge is 0.390 e. The Labute approximate surface area is 61.9 Å². The van der Waals surface area contributed by atoms with Crippen molar-refractivity contribution in [1.29, 1.82) is 0 Å². The molecule has 0 bridgehead atoms. The van der Waals surface area contributed by atoms with Gasteiger partial charge in [0.1, 0.15) is 0 Å². The maximum absolute atomic E-state index is 10.2. The van der Waals surface area contributed by atoms with Crippen LogP contribution in [0.3, 0.4) is 0 Å². The van der Waals surface area contributed by atoms with Crippen LogP contribution in [0.4, 0.5) is 0 Å². The van der Waals surface area contributed by atoms with Crippen LogP contribution in [0, 0.1) is 0 Å². The molecule has 1 N–H and O–H groups in total. The monoisotopic (exact) mass is 143 g/mol. The van der Waals surface area contributed by atoms with E-state index in [-0.39, 0.29) is 6.61 Å². The summed E-state index contributed by atoms with van der Waals surface area (Å²) in [6.07, 6.45) is 5.55. The van der Waals surface area contributed by atoms with Gasteiger partial charge in [0.05, 0.1) is 12.2 Å². The molecule has 0 aliphatic heterocycles. The molecule has 0 unspecified atom stereocenters. The van der Waals surface area contributed by atoms with Crippen molar-refractivity contribution < 1.29 is 10.2 Å². The zero-order chi connectivity index (χ0) is 7.45. The molecule has 0 spiro atoms. The summed E-state index contributed by atoms with van der Waals surface area (Å²) in [5.74, 6) is 0. The zero-order valence-corrected chi connectivity index (χ0v) is 6.31. The SMILES string of the molecule is [O]CCC1(O)CCCCC1. The third-order valence-corrected chi connectivity index (χ3v) is 2.35. The summed E-state index contributed by atoms with van der Waals surface area (Å²) in [7, 11) is 0. The number of hydrogen-bond acceptors (Lipinski definition) is 1. The third-order valence-electron chi connectivity index (χ3n) is 2.35. The van der Waals surface area contributed by atoms with Gasteiger partial charge in [-0.15, -0.1) is 0 Å². The summed E-state index contributed by atoms with van der Waals surface area (Å²) in [5, 5.41) is 19.9. The normalized spacial score (nSPS) is 24.6. The Morgan fingerprint density at radius 1 is 1.20 bits per heavy atom. The van der Waals surface area contributed by atoms with Crippen LogP contribution in [0.25, 0.3) is 0 Å². The van der Waals surface area contributed by atoms with Crippen LogP contribution >= 0.6 is 0 Å². The smallest absolute Gasteiger partial charge is 0.0849 e. The first kappa shape index (κ1) is 8.02. The van der Waals surface area contributed by atoms with E-state index < -0.39 is 5.60 Å². The third kappa shape index (κ3) is 1.96. The van der Waals surface area contributed by atoms with E-state index in [9.17, 15) is 10.2 Å². The molecule has 0 aromatic carbocycles. The van der Waals surface area contributed by atoms with E-state index in [0.29, 0.717) is 6.42 Å². The maximum atomic E-state index is 10.2. The van der Waals surface area contributed by atoms with Gasteiger partial charge in [-0.3, -0.25) is 0 Å². The molecule has 1 rings (SSSR count). The fraction of sp³-hybridized carbons (Fsp3) is 1.00. The van der Waals surface area contributed by atoms with E-state index in [4.69, 9.17) is 0 Å². The lowest BCUT2D eigenvalue weighted by Crippen LogP contribution is -2.31. The molecule has 0 aromatic rings. The highest BCUT2D eigenvalue weighted by molar-refractivity contribution is 4.81. The fourth-order valence-corrected chi connectivity index (χ4v) is 1.65. The maximum Gasteiger partial charge on any atom is 0.0849 e. The summed E-state index contributed by atoms with van der Waals surface area (Å²) < 4.78 is 0. The number of hydrogen-bond donors (Lipinski definition) is 1. The Kier molecular flexibility index (Phi) is 2.69. The molecule has 0 aromatic heterocycles. The predicted octanol–water partition coefficient (Wildman–Crippen LogP) is 1.50. The van der Waals surface area contributed by atoms with E-state index in [2.05, 4.69) is 0 Å². The van der Waals surface area contributed by atoms with Crippen LogP contribution in [-0.4, -0.2) is 17.3 Å². The van der Waals surface area contributed by atoms with E-state index >= 15 is 0 Å². The highest BCUT2D eigenvalue weighted by Crippen LogP contribution is 2.30. The molecule has 2 nitrogen and oxygen atoms in total. The Hall–Kier alpha value is -0.0800. The summed E-state index contributed by atoms with van der Waals surface area (Å²) in [6.45, 7) is -0.128. The van der Waals surface area contributed by atoms with Gasteiger partial charge in [0, 0.05) is 6.42 Å². The molecular formula is C8H15O2. The first-order chi connectivity index (χ1) is 4.77. The van der Waals surface area contributed by atoms with Crippen LogP contribution in [0.15, 0.2) is 0 Å². The molecule has 1 saturated carbocycles. The minimum absolute atomic E-state index is 0.128. The first-order valence-corrected chi connectivity index (χ1v) is 4.07. The molecule has 1 aliphatic carbocycles. The molecule has 59 valence electrons. The summed E-state index contributed by atoms with van der Waals surface area (Å²) >= 11 is 0. The van der Waals surface area contributed by atoms with Crippen LogP contribution in [0.1, 0.15) is 38.5 Å². The summed E-state index contributed by atoms with van der Waals surface area (Å²) in [4.78, 5) is 0. The van der Waals surface area contributed by atoms with Crippen LogP contribution in [-0.2, 0) is 5.11 Å². The predicted molar refractivity (Wildman–Crippen MR) is 38.2 cm³/mol. The van der Waals surface area contributed by atoms with Gasteiger partial charge in [0.2, 0.25) is 0 Å². The standard InChI is InChI=1S/C8H15O2/c9-7-6-8(10)4-2-1-3-5-8/h10H,1-7H2. The lowest BCUT2D eigenvalue weighted by molar-refractivity contribution is -0.0241. The summed E-state index contributed by atoms with van der Waals surface area (Å²) in [6, 6.07) is 0. The second-order valence-electron chi connectivity index (χ2n) is 3.24. The minimum Gasteiger partial charge on any atom is -0.390 e. The van der Waals surface area contributed by atoms with E-state index in [1.807, 2.05) is 0 Å². The van der Waals surface area contributed by atoms with Crippen molar-refractivity contribution in [3.8, 4) is 0 Å². The molecule has 1 aliphatic rings. The lowest BCUT2D eigenvalue weighted by atomic mass is 9.83.